The van der Waals surface area contributed by atoms with Crippen molar-refractivity contribution < 1.29 is 34.1 Å². The fourth-order valence-electron chi connectivity index (χ4n) is 5.08. The number of carboxylic acid groups (broad SMARTS) is 2. The summed E-state index contributed by atoms with van der Waals surface area (Å²) in [6.07, 6.45) is 3.26. The number of benzene rings is 3. The van der Waals surface area contributed by atoms with E-state index in [1.54, 1.807) is 4.90 Å². The van der Waals surface area contributed by atoms with E-state index in [0.717, 1.165) is 29.7 Å². The summed E-state index contributed by atoms with van der Waals surface area (Å²) in [7, 11) is 0. The minimum absolute atomic E-state index is 0.00317. The van der Waals surface area contributed by atoms with Gasteiger partial charge in [0.05, 0.1) is 23.7 Å². The van der Waals surface area contributed by atoms with E-state index in [2.05, 4.69) is 38.1 Å². The number of piperidine rings is 1. The lowest BCUT2D eigenvalue weighted by molar-refractivity contribution is -0.143. The number of carboxylic acids is 2. The molecule has 0 radical (unpaired) electrons. The Labute approximate surface area is 246 Å². The van der Waals surface area contributed by atoms with Crippen LogP contribution in [-0.4, -0.2) is 52.7 Å². The van der Waals surface area contributed by atoms with Crippen LogP contribution in [-0.2, 0) is 24.2 Å². The fraction of sp³-hybridized carbons (Fsp3) is 0.382. The average Bonchev–Trinajstić information content (AvgIpc) is 2.99. The van der Waals surface area contributed by atoms with Crippen molar-refractivity contribution in [2.75, 3.05) is 19.7 Å². The van der Waals surface area contributed by atoms with Crippen LogP contribution in [0.4, 0.5) is 0 Å². The van der Waals surface area contributed by atoms with E-state index in [1.807, 2.05) is 24.3 Å². The zero-order valence-corrected chi connectivity index (χ0v) is 24.3. The maximum Gasteiger partial charge on any atom is 0.335 e. The molecule has 0 spiro atoms. The van der Waals surface area contributed by atoms with Crippen LogP contribution in [0, 0.1) is 11.8 Å². The van der Waals surface area contributed by atoms with Crippen molar-refractivity contribution in [1.82, 2.24) is 4.90 Å². The standard InChI is InChI=1S/C34H39NO7/c1-23(2)20-25-5-7-26(8-6-25)22-42-29-12-9-24(10-13-29)4-3-19-41-31-14-11-28(34(39)40)21-30(31)32(36)35-17-15-27(16-18-35)33(37)38/h5-14,21,23,27H,3-4,15-20,22H2,1-2H3,(H,37,38)(H,39,40). The molecule has 1 saturated heterocycles. The van der Waals surface area contributed by atoms with Gasteiger partial charge in [-0.3, -0.25) is 9.59 Å². The van der Waals surface area contributed by atoms with Crippen molar-refractivity contribution in [3.8, 4) is 11.5 Å². The molecule has 8 heteroatoms. The number of hydrogen-bond donors (Lipinski definition) is 2. The minimum Gasteiger partial charge on any atom is -0.493 e. The zero-order chi connectivity index (χ0) is 30.1. The summed E-state index contributed by atoms with van der Waals surface area (Å²) in [5, 5.41) is 18.7. The van der Waals surface area contributed by atoms with Crippen LogP contribution in [0.2, 0.25) is 0 Å². The van der Waals surface area contributed by atoms with Crippen LogP contribution in [0.3, 0.4) is 0 Å². The monoisotopic (exact) mass is 573 g/mol. The summed E-state index contributed by atoms with van der Waals surface area (Å²) in [6, 6.07) is 20.8. The summed E-state index contributed by atoms with van der Waals surface area (Å²) in [4.78, 5) is 37.6. The third-order valence-corrected chi connectivity index (χ3v) is 7.45. The van der Waals surface area contributed by atoms with Crippen molar-refractivity contribution in [2.24, 2.45) is 11.8 Å². The molecule has 4 rings (SSSR count). The van der Waals surface area contributed by atoms with E-state index in [1.165, 1.54) is 23.8 Å². The quantitative estimate of drug-likeness (QED) is 0.237. The number of aromatic carboxylic acids is 1. The van der Waals surface area contributed by atoms with Crippen molar-refractivity contribution in [3.05, 3.63) is 94.5 Å². The first-order chi connectivity index (χ1) is 20.2. The van der Waals surface area contributed by atoms with Crippen LogP contribution < -0.4 is 9.47 Å². The maximum atomic E-state index is 13.2. The second kappa shape index (κ2) is 14.5. The number of rotatable bonds is 13. The summed E-state index contributed by atoms with van der Waals surface area (Å²) in [6.45, 7) is 5.89. The van der Waals surface area contributed by atoms with Gasteiger partial charge in [0.2, 0.25) is 0 Å². The van der Waals surface area contributed by atoms with Crippen molar-refractivity contribution >= 4 is 17.8 Å². The Kier molecular flexibility index (Phi) is 10.6. The SMILES string of the molecule is CC(C)Cc1ccc(COc2ccc(CCCOc3ccc(C(=O)O)cc3C(=O)N3CCC(C(=O)O)CC3)cc2)cc1. The van der Waals surface area contributed by atoms with Gasteiger partial charge in [0.25, 0.3) is 5.91 Å². The summed E-state index contributed by atoms with van der Waals surface area (Å²) in [5.41, 5.74) is 3.77. The molecular weight excluding hydrogens is 534 g/mol. The van der Waals surface area contributed by atoms with Gasteiger partial charge in [-0.05, 0) is 85.0 Å². The van der Waals surface area contributed by atoms with Crippen LogP contribution >= 0.6 is 0 Å². The zero-order valence-electron chi connectivity index (χ0n) is 24.3. The number of nitrogens with zero attached hydrogens (tertiary/aromatic N) is 1. The molecule has 0 atom stereocenters. The second-order valence-corrected chi connectivity index (χ2v) is 11.2. The third-order valence-electron chi connectivity index (χ3n) is 7.45. The number of likely N-dealkylation sites (tertiary alicyclic amines) is 1. The third kappa shape index (κ3) is 8.59. The molecule has 0 aromatic heterocycles. The Morgan fingerprint density at radius 1 is 0.857 bits per heavy atom. The van der Waals surface area contributed by atoms with E-state index in [9.17, 15) is 24.6 Å². The predicted octanol–water partition coefficient (Wildman–Crippen LogP) is 6.11. The minimum atomic E-state index is -1.13. The van der Waals surface area contributed by atoms with Gasteiger partial charge < -0.3 is 24.6 Å². The molecule has 222 valence electrons. The summed E-state index contributed by atoms with van der Waals surface area (Å²) >= 11 is 0. The van der Waals surface area contributed by atoms with E-state index in [4.69, 9.17) is 9.47 Å². The average molecular weight is 574 g/mol. The van der Waals surface area contributed by atoms with Gasteiger partial charge >= 0.3 is 11.9 Å². The molecule has 1 aliphatic rings. The molecule has 0 unspecified atom stereocenters. The van der Waals surface area contributed by atoms with E-state index in [0.29, 0.717) is 57.2 Å². The molecular formula is C34H39NO7. The van der Waals surface area contributed by atoms with Crippen molar-refractivity contribution in [3.63, 3.8) is 0 Å². The molecule has 1 amide bonds. The van der Waals surface area contributed by atoms with E-state index >= 15 is 0 Å². The molecule has 0 bridgehead atoms. The molecule has 2 N–H and O–H groups in total. The number of aliphatic carboxylic acids is 1. The van der Waals surface area contributed by atoms with E-state index < -0.39 is 17.9 Å². The topological polar surface area (TPSA) is 113 Å². The molecule has 1 aliphatic heterocycles. The summed E-state index contributed by atoms with van der Waals surface area (Å²) < 4.78 is 11.9. The van der Waals surface area contributed by atoms with Crippen LogP contribution in [0.1, 0.15) is 70.5 Å². The van der Waals surface area contributed by atoms with Crippen molar-refractivity contribution in [1.29, 1.82) is 0 Å². The first-order valence-corrected chi connectivity index (χ1v) is 14.5. The van der Waals surface area contributed by atoms with Crippen LogP contribution in [0.25, 0.3) is 0 Å². The van der Waals surface area contributed by atoms with E-state index in [-0.39, 0.29) is 17.0 Å². The predicted molar refractivity (Wildman–Crippen MR) is 159 cm³/mol. The van der Waals surface area contributed by atoms with Gasteiger partial charge in [-0.2, -0.15) is 0 Å². The molecule has 0 saturated carbocycles. The largest absolute Gasteiger partial charge is 0.493 e. The molecule has 42 heavy (non-hydrogen) atoms. The number of hydrogen-bond acceptors (Lipinski definition) is 5. The number of carbonyl (C=O) groups excluding carboxylic acids is 1. The first kappa shape index (κ1) is 30.6. The smallest absolute Gasteiger partial charge is 0.335 e. The van der Waals surface area contributed by atoms with Gasteiger partial charge in [0, 0.05) is 13.1 Å². The number of aryl methyl sites for hydroxylation is 1. The van der Waals surface area contributed by atoms with Crippen LogP contribution in [0.5, 0.6) is 11.5 Å². The number of carbonyl (C=O) groups is 3. The van der Waals surface area contributed by atoms with Gasteiger partial charge in [-0.1, -0.05) is 50.2 Å². The van der Waals surface area contributed by atoms with Crippen molar-refractivity contribution in [2.45, 2.75) is 52.6 Å². The first-order valence-electron chi connectivity index (χ1n) is 14.5. The Hall–Kier alpha value is -4.33. The lowest BCUT2D eigenvalue weighted by Gasteiger charge is -2.30. The Morgan fingerprint density at radius 3 is 2.12 bits per heavy atom. The van der Waals surface area contributed by atoms with Crippen LogP contribution in [0.15, 0.2) is 66.7 Å². The molecule has 3 aromatic rings. The molecule has 3 aromatic carbocycles. The highest BCUT2D eigenvalue weighted by Crippen LogP contribution is 2.26. The molecule has 1 heterocycles. The second-order valence-electron chi connectivity index (χ2n) is 11.2. The normalized spacial score (nSPS) is 13.6. The van der Waals surface area contributed by atoms with Gasteiger partial charge in [-0.15, -0.1) is 0 Å². The number of ether oxygens (including phenoxy) is 2. The highest BCUT2D eigenvalue weighted by Gasteiger charge is 2.29. The Morgan fingerprint density at radius 2 is 1.50 bits per heavy atom. The van der Waals surface area contributed by atoms with Gasteiger partial charge in [-0.25, -0.2) is 4.79 Å². The fourth-order valence-corrected chi connectivity index (χ4v) is 5.08. The lowest BCUT2D eigenvalue weighted by Crippen LogP contribution is -2.40. The molecule has 8 nitrogen and oxygen atoms in total. The molecule has 0 aliphatic carbocycles. The van der Waals surface area contributed by atoms with Gasteiger partial charge in [0.1, 0.15) is 18.1 Å². The highest BCUT2D eigenvalue weighted by molar-refractivity contribution is 6.00. The number of amides is 1. The van der Waals surface area contributed by atoms with Gasteiger partial charge in [0.15, 0.2) is 0 Å². The Bertz CT molecular complexity index is 1360. The Balaban J connectivity index is 1.27. The highest BCUT2D eigenvalue weighted by atomic mass is 16.5. The maximum absolute atomic E-state index is 13.2. The summed E-state index contributed by atoms with van der Waals surface area (Å²) in [5.74, 6) is -1.05. The molecule has 1 fully saturated rings. The lowest BCUT2D eigenvalue weighted by atomic mass is 9.96.